The Labute approximate surface area is 167 Å². The van der Waals surface area contributed by atoms with Crippen LogP contribution in [0, 0.1) is 0 Å². The summed E-state index contributed by atoms with van der Waals surface area (Å²) >= 11 is 7.58. The number of nitrogens with zero attached hydrogens (tertiary/aromatic N) is 3. The van der Waals surface area contributed by atoms with Crippen LogP contribution in [0.1, 0.15) is 0 Å². The minimum Gasteiger partial charge on any atom is -0.345 e. The van der Waals surface area contributed by atoms with Crippen molar-refractivity contribution in [3.05, 3.63) is 65.0 Å². The summed E-state index contributed by atoms with van der Waals surface area (Å²) in [5, 5.41) is 6.71. The summed E-state index contributed by atoms with van der Waals surface area (Å²) in [6, 6.07) is 17.2. The lowest BCUT2D eigenvalue weighted by atomic mass is 10.2. The van der Waals surface area contributed by atoms with Crippen LogP contribution in [0.4, 0.5) is 15.6 Å². The van der Waals surface area contributed by atoms with Crippen molar-refractivity contribution in [3.63, 3.8) is 0 Å². The van der Waals surface area contributed by atoms with Crippen LogP contribution in [0.25, 0.3) is 11.3 Å². The van der Waals surface area contributed by atoms with Gasteiger partial charge in [-0.2, -0.15) is 0 Å². The van der Waals surface area contributed by atoms with E-state index in [1.54, 1.807) is 11.3 Å². The highest BCUT2D eigenvalue weighted by Crippen LogP contribution is 2.28. The second-order valence-corrected chi connectivity index (χ2v) is 7.57. The highest BCUT2D eigenvalue weighted by atomic mass is 35.5. The van der Waals surface area contributed by atoms with Gasteiger partial charge in [-0.05, 0) is 24.3 Å². The van der Waals surface area contributed by atoms with E-state index in [1.165, 1.54) is 0 Å². The van der Waals surface area contributed by atoms with E-state index in [1.807, 2.05) is 59.5 Å². The number of amides is 2. The van der Waals surface area contributed by atoms with Gasteiger partial charge in [0.05, 0.1) is 5.69 Å². The number of carbonyl (C=O) groups is 1. The van der Waals surface area contributed by atoms with Crippen molar-refractivity contribution in [3.8, 4) is 11.3 Å². The fourth-order valence-corrected chi connectivity index (χ4v) is 4.00. The van der Waals surface area contributed by atoms with Gasteiger partial charge in [0.25, 0.3) is 0 Å². The lowest BCUT2D eigenvalue weighted by molar-refractivity contribution is 0.208. The summed E-state index contributed by atoms with van der Waals surface area (Å²) in [6.45, 7) is 2.90. The Hall–Kier alpha value is -2.57. The van der Waals surface area contributed by atoms with Crippen molar-refractivity contribution >= 4 is 39.8 Å². The second-order valence-electron chi connectivity index (χ2n) is 6.29. The van der Waals surface area contributed by atoms with Gasteiger partial charge < -0.3 is 15.1 Å². The standard InChI is InChI=1S/C20H19ClN4OS/c21-16-8-6-15(7-9-16)18-14-27-20(23-18)25-12-10-24(11-13-25)19(26)22-17-4-2-1-3-5-17/h1-9,14H,10-13H2,(H,22,26). The molecule has 0 atom stereocenters. The molecule has 0 aliphatic carbocycles. The first-order chi connectivity index (χ1) is 13.2. The first-order valence-electron chi connectivity index (χ1n) is 8.76. The molecule has 7 heteroatoms. The monoisotopic (exact) mass is 398 g/mol. The molecule has 0 unspecified atom stereocenters. The first kappa shape index (κ1) is 17.8. The number of carbonyl (C=O) groups excluding carboxylic acids is 1. The van der Waals surface area contributed by atoms with Crippen LogP contribution in [-0.4, -0.2) is 42.1 Å². The number of thiazole rings is 1. The number of rotatable bonds is 3. The quantitative estimate of drug-likeness (QED) is 0.688. The Bertz CT molecular complexity index is 905. The van der Waals surface area contributed by atoms with Gasteiger partial charge in [-0.15, -0.1) is 11.3 Å². The number of urea groups is 1. The normalized spacial score (nSPS) is 14.3. The summed E-state index contributed by atoms with van der Waals surface area (Å²) in [4.78, 5) is 21.2. The van der Waals surface area contributed by atoms with E-state index in [0.717, 1.165) is 40.2 Å². The topological polar surface area (TPSA) is 48.5 Å². The predicted octanol–water partition coefficient (Wildman–Crippen LogP) is 4.82. The molecule has 0 radical (unpaired) electrons. The smallest absolute Gasteiger partial charge is 0.321 e. The SMILES string of the molecule is O=C(Nc1ccccc1)N1CCN(c2nc(-c3ccc(Cl)cc3)cs2)CC1. The van der Waals surface area contributed by atoms with Gasteiger partial charge in [0.1, 0.15) is 0 Å². The minimum atomic E-state index is -0.0538. The molecular weight excluding hydrogens is 380 g/mol. The fraction of sp³-hybridized carbons (Fsp3) is 0.200. The van der Waals surface area contributed by atoms with Crippen molar-refractivity contribution in [1.82, 2.24) is 9.88 Å². The molecule has 2 heterocycles. The maximum Gasteiger partial charge on any atom is 0.321 e. The van der Waals surface area contributed by atoms with Crippen LogP contribution >= 0.6 is 22.9 Å². The van der Waals surface area contributed by atoms with Crippen LogP contribution in [-0.2, 0) is 0 Å². The van der Waals surface area contributed by atoms with E-state index in [4.69, 9.17) is 16.6 Å². The predicted molar refractivity (Wildman–Crippen MR) is 112 cm³/mol. The number of benzene rings is 2. The molecule has 1 aromatic heterocycles. The van der Waals surface area contributed by atoms with Crippen LogP contribution < -0.4 is 10.2 Å². The molecule has 2 aromatic carbocycles. The largest absolute Gasteiger partial charge is 0.345 e. The number of halogens is 1. The zero-order valence-corrected chi connectivity index (χ0v) is 16.2. The molecule has 138 valence electrons. The lowest BCUT2D eigenvalue weighted by Gasteiger charge is -2.34. The molecule has 5 nitrogen and oxygen atoms in total. The van der Waals surface area contributed by atoms with Crippen LogP contribution in [0.5, 0.6) is 0 Å². The van der Waals surface area contributed by atoms with Gasteiger partial charge in [0.2, 0.25) is 0 Å². The van der Waals surface area contributed by atoms with Crippen LogP contribution in [0.15, 0.2) is 60.0 Å². The molecular formula is C20H19ClN4OS. The summed E-state index contributed by atoms with van der Waals surface area (Å²) in [6.07, 6.45) is 0. The summed E-state index contributed by atoms with van der Waals surface area (Å²) in [5.41, 5.74) is 2.83. The number of aromatic nitrogens is 1. The van der Waals surface area contributed by atoms with E-state index in [0.29, 0.717) is 13.1 Å². The first-order valence-corrected chi connectivity index (χ1v) is 10.0. The van der Waals surface area contributed by atoms with E-state index in [2.05, 4.69) is 15.6 Å². The second kappa shape index (κ2) is 7.98. The molecule has 0 spiro atoms. The van der Waals surface area contributed by atoms with Gasteiger partial charge in [-0.25, -0.2) is 9.78 Å². The van der Waals surface area contributed by atoms with Crippen molar-refractivity contribution < 1.29 is 4.79 Å². The Morgan fingerprint density at radius 1 is 1.00 bits per heavy atom. The molecule has 2 amide bonds. The average molecular weight is 399 g/mol. The number of piperazine rings is 1. The Morgan fingerprint density at radius 3 is 2.41 bits per heavy atom. The minimum absolute atomic E-state index is 0.0538. The van der Waals surface area contributed by atoms with Crippen molar-refractivity contribution in [2.45, 2.75) is 0 Å². The van der Waals surface area contributed by atoms with E-state index >= 15 is 0 Å². The third-order valence-corrected chi connectivity index (χ3v) is 5.65. The van der Waals surface area contributed by atoms with Gasteiger partial charge in [-0.1, -0.05) is 41.9 Å². The summed E-state index contributed by atoms with van der Waals surface area (Å²) < 4.78 is 0. The summed E-state index contributed by atoms with van der Waals surface area (Å²) in [7, 11) is 0. The Balaban J connectivity index is 1.35. The maximum atomic E-state index is 12.4. The number of para-hydroxylation sites is 1. The van der Waals surface area contributed by atoms with E-state index in [-0.39, 0.29) is 6.03 Å². The van der Waals surface area contributed by atoms with Crippen molar-refractivity contribution in [2.24, 2.45) is 0 Å². The molecule has 4 rings (SSSR count). The molecule has 1 aliphatic rings. The highest BCUT2D eigenvalue weighted by molar-refractivity contribution is 7.14. The third-order valence-electron chi connectivity index (χ3n) is 4.49. The number of hydrogen-bond acceptors (Lipinski definition) is 4. The zero-order chi connectivity index (χ0) is 18.6. The van der Waals surface area contributed by atoms with Gasteiger partial charge in [-0.3, -0.25) is 0 Å². The van der Waals surface area contributed by atoms with E-state index in [9.17, 15) is 4.79 Å². The number of anilines is 2. The van der Waals surface area contributed by atoms with Gasteiger partial charge >= 0.3 is 6.03 Å². The molecule has 1 N–H and O–H groups in total. The third kappa shape index (κ3) is 4.23. The summed E-state index contributed by atoms with van der Waals surface area (Å²) in [5.74, 6) is 0. The van der Waals surface area contributed by atoms with Gasteiger partial charge in [0.15, 0.2) is 5.13 Å². The Kier molecular flexibility index (Phi) is 5.27. The van der Waals surface area contributed by atoms with Crippen LogP contribution in [0.3, 0.4) is 0 Å². The molecule has 1 aliphatic heterocycles. The number of hydrogen-bond donors (Lipinski definition) is 1. The van der Waals surface area contributed by atoms with Crippen molar-refractivity contribution in [1.29, 1.82) is 0 Å². The van der Waals surface area contributed by atoms with E-state index < -0.39 is 0 Å². The molecule has 0 bridgehead atoms. The molecule has 3 aromatic rings. The van der Waals surface area contributed by atoms with Crippen molar-refractivity contribution in [2.75, 3.05) is 36.4 Å². The Morgan fingerprint density at radius 2 is 1.70 bits per heavy atom. The molecule has 0 saturated carbocycles. The van der Waals surface area contributed by atoms with Crippen LogP contribution in [0.2, 0.25) is 5.02 Å². The lowest BCUT2D eigenvalue weighted by Crippen LogP contribution is -2.50. The molecule has 1 saturated heterocycles. The highest BCUT2D eigenvalue weighted by Gasteiger charge is 2.23. The maximum absolute atomic E-state index is 12.4. The van der Waals surface area contributed by atoms with Gasteiger partial charge in [0, 0.05) is 47.8 Å². The fourth-order valence-electron chi connectivity index (χ4n) is 2.99. The zero-order valence-electron chi connectivity index (χ0n) is 14.6. The average Bonchev–Trinajstić information content (AvgIpc) is 3.20. The molecule has 27 heavy (non-hydrogen) atoms. The molecule has 1 fully saturated rings. The number of nitrogens with one attached hydrogen (secondary N) is 1.